The van der Waals surface area contributed by atoms with Crippen LogP contribution >= 0.6 is 11.6 Å². The van der Waals surface area contributed by atoms with Crippen molar-refractivity contribution in [2.24, 2.45) is 0 Å². The molecule has 0 amide bonds. The molecule has 0 saturated carbocycles. The van der Waals surface area contributed by atoms with Gasteiger partial charge >= 0.3 is 0 Å². The molecule has 0 aliphatic carbocycles. The maximum Gasteiger partial charge on any atom is 0.233 e. The molecule has 82 valence electrons. The molecule has 1 aromatic heterocycles. The summed E-state index contributed by atoms with van der Waals surface area (Å²) in [5.74, 6) is 0.224. The Hall–Kier alpha value is -1.11. The molecule has 0 saturated heterocycles. The number of nitrogen functional groups attached to an aromatic ring is 1. The molecule has 5 nitrogen and oxygen atoms in total. The lowest BCUT2D eigenvalue weighted by Gasteiger charge is -1.99. The Morgan fingerprint density at radius 2 is 2.27 bits per heavy atom. The van der Waals surface area contributed by atoms with E-state index in [4.69, 9.17) is 17.3 Å². The Balaban J connectivity index is 3.04. The molecular weight excluding hydrogens is 238 g/mol. The van der Waals surface area contributed by atoms with E-state index in [1.807, 2.05) is 0 Å². The predicted octanol–water partition coefficient (Wildman–Crippen LogP) is 0.837. The molecule has 7 heteroatoms. The van der Waals surface area contributed by atoms with Crippen molar-refractivity contribution in [3.63, 3.8) is 0 Å². The summed E-state index contributed by atoms with van der Waals surface area (Å²) >= 11 is 5.68. The molecular formula is C8H10ClN3O2S. The van der Waals surface area contributed by atoms with E-state index in [0.717, 1.165) is 5.41 Å². The van der Waals surface area contributed by atoms with E-state index < -0.39 is 10.0 Å². The van der Waals surface area contributed by atoms with Gasteiger partial charge in [-0.05, 0) is 19.2 Å². The zero-order valence-corrected chi connectivity index (χ0v) is 9.51. The molecule has 0 bridgehead atoms. The van der Waals surface area contributed by atoms with E-state index in [2.05, 4.69) is 9.71 Å². The number of halogens is 1. The largest absolute Gasteiger partial charge is 0.383 e. The SMILES string of the molecule is CNS(=O)(=O)/C=C/c1cc(Cl)cnc1N. The maximum atomic E-state index is 11.1. The Bertz CT molecular complexity index is 485. The van der Waals surface area contributed by atoms with Crippen molar-refractivity contribution >= 4 is 33.5 Å². The van der Waals surface area contributed by atoms with Crippen LogP contribution in [0.5, 0.6) is 0 Å². The van der Waals surface area contributed by atoms with Gasteiger partial charge in [-0.15, -0.1) is 0 Å². The summed E-state index contributed by atoms with van der Waals surface area (Å²) in [4.78, 5) is 3.78. The average Bonchev–Trinajstić information content (AvgIpc) is 2.20. The topological polar surface area (TPSA) is 85.1 Å². The van der Waals surface area contributed by atoms with Crippen LogP contribution in [0.4, 0.5) is 5.82 Å². The van der Waals surface area contributed by atoms with Crippen molar-refractivity contribution in [3.8, 4) is 0 Å². The van der Waals surface area contributed by atoms with Gasteiger partial charge in [-0.25, -0.2) is 18.1 Å². The van der Waals surface area contributed by atoms with Crippen LogP contribution in [-0.2, 0) is 10.0 Å². The van der Waals surface area contributed by atoms with Gasteiger partial charge in [0.2, 0.25) is 10.0 Å². The number of nitrogens with zero attached hydrogens (tertiary/aromatic N) is 1. The molecule has 0 aliphatic rings. The predicted molar refractivity (Wildman–Crippen MR) is 60.7 cm³/mol. The van der Waals surface area contributed by atoms with E-state index in [1.54, 1.807) is 0 Å². The van der Waals surface area contributed by atoms with Gasteiger partial charge in [0.05, 0.1) is 5.02 Å². The smallest absolute Gasteiger partial charge is 0.233 e. The molecule has 0 atom stereocenters. The van der Waals surface area contributed by atoms with Crippen LogP contribution in [0.15, 0.2) is 17.7 Å². The highest BCUT2D eigenvalue weighted by atomic mass is 35.5. The number of hydrogen-bond donors (Lipinski definition) is 2. The summed E-state index contributed by atoms with van der Waals surface area (Å²) in [6.45, 7) is 0. The summed E-state index contributed by atoms with van der Waals surface area (Å²) in [7, 11) is -2.09. The van der Waals surface area contributed by atoms with Crippen molar-refractivity contribution in [3.05, 3.63) is 28.3 Å². The van der Waals surface area contributed by atoms with Gasteiger partial charge in [-0.3, -0.25) is 0 Å². The lowest BCUT2D eigenvalue weighted by molar-refractivity contribution is 0.597. The van der Waals surface area contributed by atoms with Crippen LogP contribution in [0.1, 0.15) is 5.56 Å². The summed E-state index contributed by atoms with van der Waals surface area (Å²) in [6, 6.07) is 1.53. The number of anilines is 1. The third-order valence-electron chi connectivity index (χ3n) is 1.63. The summed E-state index contributed by atoms with van der Waals surface area (Å²) < 4.78 is 24.3. The minimum Gasteiger partial charge on any atom is -0.383 e. The third-order valence-corrected chi connectivity index (χ3v) is 2.90. The van der Waals surface area contributed by atoms with E-state index in [9.17, 15) is 8.42 Å². The second-order valence-corrected chi connectivity index (χ2v) is 4.89. The zero-order chi connectivity index (χ0) is 11.5. The van der Waals surface area contributed by atoms with Crippen LogP contribution in [0.25, 0.3) is 6.08 Å². The number of sulfonamides is 1. The van der Waals surface area contributed by atoms with Crippen LogP contribution in [0.3, 0.4) is 0 Å². The van der Waals surface area contributed by atoms with E-state index in [-0.39, 0.29) is 5.82 Å². The molecule has 0 aromatic carbocycles. The molecule has 0 fully saturated rings. The van der Waals surface area contributed by atoms with E-state index >= 15 is 0 Å². The van der Waals surface area contributed by atoms with Gasteiger partial charge in [0.1, 0.15) is 5.82 Å². The van der Waals surface area contributed by atoms with E-state index in [0.29, 0.717) is 10.6 Å². The first-order chi connectivity index (χ1) is 6.94. The van der Waals surface area contributed by atoms with Gasteiger partial charge in [0.15, 0.2) is 0 Å². The van der Waals surface area contributed by atoms with Gasteiger partial charge in [-0.2, -0.15) is 0 Å². The summed E-state index contributed by atoms with van der Waals surface area (Å²) in [6.07, 6.45) is 2.72. The van der Waals surface area contributed by atoms with Gasteiger partial charge in [0, 0.05) is 17.2 Å². The molecule has 0 aliphatic heterocycles. The number of rotatable bonds is 3. The van der Waals surface area contributed by atoms with Crippen molar-refractivity contribution in [2.75, 3.05) is 12.8 Å². The molecule has 3 N–H and O–H groups in total. The highest BCUT2D eigenvalue weighted by Crippen LogP contribution is 2.16. The highest BCUT2D eigenvalue weighted by Gasteiger charge is 2.02. The van der Waals surface area contributed by atoms with E-state index in [1.165, 1.54) is 25.4 Å². The molecule has 15 heavy (non-hydrogen) atoms. The van der Waals surface area contributed by atoms with Crippen LogP contribution in [-0.4, -0.2) is 20.4 Å². The number of aromatic nitrogens is 1. The lowest BCUT2D eigenvalue weighted by Crippen LogP contribution is -2.14. The fourth-order valence-electron chi connectivity index (χ4n) is 0.830. The number of nitrogens with one attached hydrogen (secondary N) is 1. The second-order valence-electron chi connectivity index (χ2n) is 2.68. The minimum atomic E-state index is -3.40. The highest BCUT2D eigenvalue weighted by molar-refractivity contribution is 7.92. The van der Waals surface area contributed by atoms with Gasteiger partial charge < -0.3 is 5.73 Å². The molecule has 1 aromatic rings. The Labute approximate surface area is 93.0 Å². The number of hydrogen-bond acceptors (Lipinski definition) is 4. The Kier molecular flexibility index (Phi) is 3.67. The maximum absolute atomic E-state index is 11.1. The Morgan fingerprint density at radius 1 is 1.60 bits per heavy atom. The first-order valence-corrected chi connectivity index (χ1v) is 5.89. The standard InChI is InChI=1S/C8H10ClN3O2S/c1-11-15(13,14)3-2-6-4-7(9)5-12-8(6)10/h2-5,11H,1H3,(H2,10,12)/b3-2+. The number of nitrogens with two attached hydrogens (primary N) is 1. The quantitative estimate of drug-likeness (QED) is 0.829. The fraction of sp³-hybridized carbons (Fsp3) is 0.125. The molecule has 0 spiro atoms. The van der Waals surface area contributed by atoms with Crippen molar-refractivity contribution in [2.45, 2.75) is 0 Å². The zero-order valence-electron chi connectivity index (χ0n) is 7.94. The normalized spacial score (nSPS) is 12.1. The minimum absolute atomic E-state index is 0.224. The molecule has 0 radical (unpaired) electrons. The summed E-state index contributed by atoms with van der Waals surface area (Å²) in [5, 5.41) is 1.39. The lowest BCUT2D eigenvalue weighted by atomic mass is 10.2. The third kappa shape index (κ3) is 3.50. The number of pyridine rings is 1. The van der Waals surface area contributed by atoms with Crippen molar-refractivity contribution in [1.29, 1.82) is 0 Å². The first kappa shape index (κ1) is 12.0. The second kappa shape index (κ2) is 4.61. The molecule has 1 heterocycles. The van der Waals surface area contributed by atoms with Crippen LogP contribution in [0.2, 0.25) is 5.02 Å². The Morgan fingerprint density at radius 3 is 2.87 bits per heavy atom. The first-order valence-electron chi connectivity index (χ1n) is 3.97. The van der Waals surface area contributed by atoms with Crippen LogP contribution in [0, 0.1) is 0 Å². The fourth-order valence-corrected chi connectivity index (χ4v) is 1.46. The average molecular weight is 248 g/mol. The van der Waals surface area contributed by atoms with Crippen molar-refractivity contribution in [1.82, 2.24) is 9.71 Å². The van der Waals surface area contributed by atoms with Crippen molar-refractivity contribution < 1.29 is 8.42 Å². The molecule has 1 rings (SSSR count). The monoisotopic (exact) mass is 247 g/mol. The summed E-state index contributed by atoms with van der Waals surface area (Å²) in [5.41, 5.74) is 5.98. The molecule has 0 unspecified atom stereocenters. The van der Waals surface area contributed by atoms with Gasteiger partial charge in [0.25, 0.3) is 0 Å². The van der Waals surface area contributed by atoms with Crippen LogP contribution < -0.4 is 10.5 Å². The van der Waals surface area contributed by atoms with Gasteiger partial charge in [-0.1, -0.05) is 11.6 Å².